The summed E-state index contributed by atoms with van der Waals surface area (Å²) in [7, 11) is 0. The minimum atomic E-state index is -0.0678. The number of rotatable bonds is 5. The SMILES string of the molecule is CCNC(=S)NNC(=O)CN1CCN(Cc2ccccc2)CC1. The molecular formula is C16H25N5OS. The third-order valence-electron chi connectivity index (χ3n) is 3.73. The number of nitrogens with one attached hydrogen (secondary N) is 3. The second-order valence-corrected chi connectivity index (χ2v) is 5.98. The molecule has 0 aliphatic carbocycles. The fourth-order valence-corrected chi connectivity index (χ4v) is 2.72. The van der Waals surface area contributed by atoms with E-state index in [2.05, 4.69) is 50.2 Å². The molecule has 0 spiro atoms. The van der Waals surface area contributed by atoms with E-state index < -0.39 is 0 Å². The molecule has 7 heteroatoms. The van der Waals surface area contributed by atoms with Gasteiger partial charge < -0.3 is 5.32 Å². The molecule has 1 aliphatic rings. The van der Waals surface area contributed by atoms with Crippen LogP contribution in [0.25, 0.3) is 0 Å². The van der Waals surface area contributed by atoms with Crippen molar-refractivity contribution in [3.8, 4) is 0 Å². The molecule has 0 unspecified atom stereocenters. The van der Waals surface area contributed by atoms with E-state index in [1.165, 1.54) is 5.56 Å². The summed E-state index contributed by atoms with van der Waals surface area (Å²) in [5.41, 5.74) is 6.65. The van der Waals surface area contributed by atoms with Crippen molar-refractivity contribution in [2.75, 3.05) is 39.3 Å². The summed E-state index contributed by atoms with van der Waals surface area (Å²) < 4.78 is 0. The Morgan fingerprint density at radius 2 is 1.74 bits per heavy atom. The smallest absolute Gasteiger partial charge is 0.252 e. The number of carbonyl (C=O) groups excluding carboxylic acids is 1. The van der Waals surface area contributed by atoms with Crippen molar-refractivity contribution in [2.24, 2.45) is 0 Å². The van der Waals surface area contributed by atoms with Crippen molar-refractivity contribution in [2.45, 2.75) is 13.5 Å². The molecule has 23 heavy (non-hydrogen) atoms. The largest absolute Gasteiger partial charge is 0.362 e. The zero-order chi connectivity index (χ0) is 16.5. The van der Waals surface area contributed by atoms with Crippen LogP contribution in [-0.2, 0) is 11.3 Å². The molecule has 1 amide bonds. The van der Waals surface area contributed by atoms with Crippen molar-refractivity contribution in [3.63, 3.8) is 0 Å². The summed E-state index contributed by atoms with van der Waals surface area (Å²) in [6.45, 7) is 7.79. The van der Waals surface area contributed by atoms with Crippen LogP contribution in [0.3, 0.4) is 0 Å². The molecular weight excluding hydrogens is 310 g/mol. The molecule has 0 radical (unpaired) electrons. The summed E-state index contributed by atoms with van der Waals surface area (Å²) >= 11 is 5.00. The molecule has 1 aliphatic heterocycles. The predicted molar refractivity (Wildman–Crippen MR) is 95.7 cm³/mol. The summed E-state index contributed by atoms with van der Waals surface area (Å²) in [6.07, 6.45) is 0. The molecule has 2 rings (SSSR count). The van der Waals surface area contributed by atoms with Crippen LogP contribution < -0.4 is 16.2 Å². The molecule has 1 aromatic carbocycles. The summed E-state index contributed by atoms with van der Waals surface area (Å²) in [6, 6.07) is 10.5. The number of benzene rings is 1. The Kier molecular flexibility index (Phi) is 7.25. The minimum Gasteiger partial charge on any atom is -0.362 e. The Morgan fingerprint density at radius 1 is 1.09 bits per heavy atom. The first-order chi connectivity index (χ1) is 11.2. The molecule has 1 saturated heterocycles. The van der Waals surface area contributed by atoms with Gasteiger partial charge in [0.1, 0.15) is 0 Å². The van der Waals surface area contributed by atoms with E-state index in [0.717, 1.165) is 39.3 Å². The van der Waals surface area contributed by atoms with Gasteiger partial charge in [0.2, 0.25) is 0 Å². The fraction of sp³-hybridized carbons (Fsp3) is 0.500. The monoisotopic (exact) mass is 335 g/mol. The number of piperazine rings is 1. The number of thiocarbonyl (C=S) groups is 1. The molecule has 126 valence electrons. The third-order valence-corrected chi connectivity index (χ3v) is 3.98. The highest BCUT2D eigenvalue weighted by atomic mass is 32.1. The van der Waals surface area contributed by atoms with Crippen molar-refractivity contribution >= 4 is 23.2 Å². The second kappa shape index (κ2) is 9.44. The van der Waals surface area contributed by atoms with Crippen LogP contribution in [0.2, 0.25) is 0 Å². The maximum atomic E-state index is 11.9. The van der Waals surface area contributed by atoms with Gasteiger partial charge in [-0.3, -0.25) is 25.4 Å². The van der Waals surface area contributed by atoms with Crippen LogP contribution in [0.4, 0.5) is 0 Å². The van der Waals surface area contributed by atoms with Crippen LogP contribution in [0.5, 0.6) is 0 Å². The lowest BCUT2D eigenvalue weighted by molar-refractivity contribution is -0.123. The fourth-order valence-electron chi connectivity index (χ4n) is 2.52. The topological polar surface area (TPSA) is 59.6 Å². The molecule has 1 aromatic rings. The van der Waals surface area contributed by atoms with E-state index >= 15 is 0 Å². The second-order valence-electron chi connectivity index (χ2n) is 5.57. The highest BCUT2D eigenvalue weighted by molar-refractivity contribution is 7.80. The molecule has 1 heterocycles. The van der Waals surface area contributed by atoms with Crippen LogP contribution >= 0.6 is 12.2 Å². The Labute approximate surface area is 143 Å². The van der Waals surface area contributed by atoms with Gasteiger partial charge in [-0.25, -0.2) is 0 Å². The van der Waals surface area contributed by atoms with Crippen LogP contribution in [0, 0.1) is 0 Å². The van der Waals surface area contributed by atoms with E-state index in [1.807, 2.05) is 13.0 Å². The van der Waals surface area contributed by atoms with Gasteiger partial charge in [-0.2, -0.15) is 0 Å². The molecule has 0 saturated carbocycles. The van der Waals surface area contributed by atoms with Crippen LogP contribution in [-0.4, -0.2) is 60.1 Å². The number of amides is 1. The van der Waals surface area contributed by atoms with Gasteiger partial charge >= 0.3 is 0 Å². The zero-order valence-corrected chi connectivity index (χ0v) is 14.4. The summed E-state index contributed by atoms with van der Waals surface area (Å²) in [4.78, 5) is 16.5. The molecule has 0 bridgehead atoms. The number of hydrogen-bond acceptors (Lipinski definition) is 4. The maximum absolute atomic E-state index is 11.9. The Bertz CT molecular complexity index is 502. The first-order valence-electron chi connectivity index (χ1n) is 7.98. The van der Waals surface area contributed by atoms with Crippen molar-refractivity contribution in [1.82, 2.24) is 26.0 Å². The number of carbonyl (C=O) groups is 1. The first kappa shape index (κ1) is 17.7. The quantitative estimate of drug-likeness (QED) is 0.532. The van der Waals surface area contributed by atoms with E-state index in [9.17, 15) is 4.79 Å². The normalized spacial score (nSPS) is 15.9. The average molecular weight is 335 g/mol. The summed E-state index contributed by atoms with van der Waals surface area (Å²) in [5, 5.41) is 3.36. The standard InChI is InChI=1S/C16H25N5OS/c1-2-17-16(23)19-18-15(22)13-21-10-8-20(9-11-21)12-14-6-4-3-5-7-14/h3-7H,2,8-13H2,1H3,(H,18,22)(H2,17,19,23). The number of hydrogen-bond donors (Lipinski definition) is 3. The molecule has 6 nitrogen and oxygen atoms in total. The van der Waals surface area contributed by atoms with Gasteiger partial charge in [0.05, 0.1) is 6.54 Å². The van der Waals surface area contributed by atoms with Crippen molar-refractivity contribution in [1.29, 1.82) is 0 Å². The lowest BCUT2D eigenvalue weighted by Crippen LogP contribution is -2.52. The minimum absolute atomic E-state index is 0.0678. The lowest BCUT2D eigenvalue weighted by Gasteiger charge is -2.34. The number of nitrogens with zero attached hydrogens (tertiary/aromatic N) is 2. The van der Waals surface area contributed by atoms with E-state index in [-0.39, 0.29) is 5.91 Å². The van der Waals surface area contributed by atoms with Crippen molar-refractivity contribution in [3.05, 3.63) is 35.9 Å². The van der Waals surface area contributed by atoms with Gasteiger partial charge in [-0.1, -0.05) is 30.3 Å². The predicted octanol–water partition coefficient (Wildman–Crippen LogP) is 0.319. The lowest BCUT2D eigenvalue weighted by atomic mass is 10.2. The Morgan fingerprint density at radius 3 is 2.39 bits per heavy atom. The van der Waals surface area contributed by atoms with Gasteiger partial charge in [0, 0.05) is 39.3 Å². The van der Waals surface area contributed by atoms with Crippen molar-refractivity contribution < 1.29 is 4.79 Å². The molecule has 0 aromatic heterocycles. The van der Waals surface area contributed by atoms with Crippen LogP contribution in [0.15, 0.2) is 30.3 Å². The highest BCUT2D eigenvalue weighted by Gasteiger charge is 2.18. The van der Waals surface area contributed by atoms with Gasteiger partial charge in [-0.15, -0.1) is 0 Å². The van der Waals surface area contributed by atoms with Gasteiger partial charge in [0.15, 0.2) is 5.11 Å². The van der Waals surface area contributed by atoms with E-state index in [1.54, 1.807) is 0 Å². The third kappa shape index (κ3) is 6.52. The maximum Gasteiger partial charge on any atom is 0.252 e. The molecule has 0 atom stereocenters. The van der Waals surface area contributed by atoms with E-state index in [0.29, 0.717) is 11.7 Å². The number of hydrazine groups is 1. The molecule has 1 fully saturated rings. The van der Waals surface area contributed by atoms with Gasteiger partial charge in [0.25, 0.3) is 5.91 Å². The Hall–Kier alpha value is -1.70. The van der Waals surface area contributed by atoms with E-state index in [4.69, 9.17) is 12.2 Å². The Balaban J connectivity index is 1.64. The van der Waals surface area contributed by atoms with Crippen LogP contribution in [0.1, 0.15) is 12.5 Å². The highest BCUT2D eigenvalue weighted by Crippen LogP contribution is 2.07. The zero-order valence-electron chi connectivity index (χ0n) is 13.5. The first-order valence-corrected chi connectivity index (χ1v) is 8.39. The average Bonchev–Trinajstić information content (AvgIpc) is 2.56. The summed E-state index contributed by atoms with van der Waals surface area (Å²) in [5.74, 6) is -0.0678. The van der Waals surface area contributed by atoms with Gasteiger partial charge in [-0.05, 0) is 24.7 Å². The molecule has 3 N–H and O–H groups in total.